The van der Waals surface area contributed by atoms with Gasteiger partial charge in [0.25, 0.3) is 0 Å². The van der Waals surface area contributed by atoms with Gasteiger partial charge in [-0.2, -0.15) is 0 Å². The van der Waals surface area contributed by atoms with Gasteiger partial charge in [-0.15, -0.1) is 0 Å². The number of rotatable bonds is 6. The highest BCUT2D eigenvalue weighted by atomic mass is 15.0. The van der Waals surface area contributed by atoms with E-state index >= 15 is 0 Å². The molecule has 0 atom stereocenters. The summed E-state index contributed by atoms with van der Waals surface area (Å²) in [5, 5.41) is 3.84. The van der Waals surface area contributed by atoms with Crippen LogP contribution >= 0.6 is 0 Å². The van der Waals surface area contributed by atoms with Crippen molar-refractivity contribution >= 4 is 38.8 Å². The molecule has 2 nitrogen and oxygen atoms in total. The monoisotopic (exact) mass is 694 g/mol. The summed E-state index contributed by atoms with van der Waals surface area (Å²) in [6.45, 7) is 9.12. The van der Waals surface area contributed by atoms with Gasteiger partial charge in [0.2, 0.25) is 0 Å². The highest BCUT2D eigenvalue weighted by Gasteiger charge is 2.36. The minimum absolute atomic E-state index is 0.0813. The lowest BCUT2D eigenvalue weighted by Crippen LogP contribution is -2.14. The van der Waals surface area contributed by atoms with E-state index in [1.807, 2.05) is 0 Å². The van der Waals surface area contributed by atoms with Gasteiger partial charge in [0.15, 0.2) is 0 Å². The van der Waals surface area contributed by atoms with Crippen LogP contribution in [0.1, 0.15) is 50.1 Å². The Morgan fingerprint density at radius 1 is 0.481 bits per heavy atom. The summed E-state index contributed by atoms with van der Waals surface area (Å²) in [6.07, 6.45) is 5.39. The molecule has 0 bridgehead atoms. The second-order valence-electron chi connectivity index (χ2n) is 15.2. The Morgan fingerprint density at radius 2 is 1.20 bits per heavy atom. The minimum Gasteiger partial charge on any atom is -0.313 e. The molecular weight excluding hydrogens is 653 g/mol. The highest BCUT2D eigenvalue weighted by molar-refractivity contribution is 6.12. The van der Waals surface area contributed by atoms with Crippen LogP contribution in [0, 0.1) is 0 Å². The van der Waals surface area contributed by atoms with Crippen molar-refractivity contribution in [2.24, 2.45) is 0 Å². The molecule has 1 aliphatic carbocycles. The molecule has 2 aromatic heterocycles. The van der Waals surface area contributed by atoms with Crippen molar-refractivity contribution in [3.05, 3.63) is 186 Å². The van der Waals surface area contributed by atoms with Gasteiger partial charge < -0.3 is 9.13 Å². The van der Waals surface area contributed by atoms with Gasteiger partial charge in [-0.05, 0) is 112 Å². The van der Waals surface area contributed by atoms with Gasteiger partial charge >= 0.3 is 0 Å². The second kappa shape index (κ2) is 12.4. The average Bonchev–Trinajstić information content (AvgIpc) is 3.80. The van der Waals surface area contributed by atoms with Crippen molar-refractivity contribution in [1.82, 2.24) is 9.13 Å². The van der Waals surface area contributed by atoms with E-state index in [0.29, 0.717) is 0 Å². The molecule has 7 aromatic carbocycles. The molecule has 54 heavy (non-hydrogen) atoms. The van der Waals surface area contributed by atoms with Crippen LogP contribution in [0.5, 0.6) is 0 Å². The zero-order valence-electron chi connectivity index (χ0n) is 31.3. The number of hydrogen-bond acceptors (Lipinski definition) is 0. The Balaban J connectivity index is 1.21. The van der Waals surface area contributed by atoms with E-state index in [9.17, 15) is 0 Å². The molecule has 1 aliphatic rings. The Hall–Kier alpha value is -6.38. The first-order valence-corrected chi connectivity index (χ1v) is 19.2. The van der Waals surface area contributed by atoms with Crippen LogP contribution in [0.4, 0.5) is 0 Å². The van der Waals surface area contributed by atoms with E-state index in [4.69, 9.17) is 0 Å². The van der Waals surface area contributed by atoms with Gasteiger partial charge in [-0.25, -0.2) is 0 Å². The molecule has 0 unspecified atom stereocenters. The molecule has 0 radical (unpaired) electrons. The second-order valence-corrected chi connectivity index (χ2v) is 15.2. The summed E-state index contributed by atoms with van der Waals surface area (Å²) in [6, 6.07) is 58.5. The van der Waals surface area contributed by atoms with E-state index < -0.39 is 0 Å². The normalized spacial score (nSPS) is 13.3. The molecule has 0 saturated heterocycles. The molecule has 0 fully saturated rings. The van der Waals surface area contributed by atoms with Gasteiger partial charge in [0.05, 0.1) is 16.6 Å². The van der Waals surface area contributed by atoms with Crippen LogP contribution in [0.25, 0.3) is 83.5 Å². The van der Waals surface area contributed by atoms with Crippen molar-refractivity contribution in [2.45, 2.75) is 39.5 Å². The van der Waals surface area contributed by atoms with E-state index in [1.54, 1.807) is 0 Å². The number of aromatic nitrogens is 2. The molecular formula is C52H42N2. The Morgan fingerprint density at radius 3 is 2.00 bits per heavy atom. The zero-order chi connectivity index (χ0) is 36.6. The third-order valence-corrected chi connectivity index (χ3v) is 11.8. The van der Waals surface area contributed by atoms with Crippen molar-refractivity contribution in [1.29, 1.82) is 0 Å². The number of para-hydroxylation sites is 2. The van der Waals surface area contributed by atoms with Crippen LogP contribution < -0.4 is 0 Å². The highest BCUT2D eigenvalue weighted by Crippen LogP contribution is 2.51. The molecule has 2 heteroatoms. The van der Waals surface area contributed by atoms with E-state index in [2.05, 4.69) is 207 Å². The first-order chi connectivity index (χ1) is 26.5. The molecule has 0 spiro atoms. The molecule has 10 rings (SSSR count). The average molecular weight is 695 g/mol. The summed E-state index contributed by atoms with van der Waals surface area (Å²) in [4.78, 5) is 0. The zero-order valence-corrected chi connectivity index (χ0v) is 31.3. The molecule has 0 amide bonds. The molecule has 0 aliphatic heterocycles. The lowest BCUT2D eigenvalue weighted by atomic mass is 9.82. The third-order valence-electron chi connectivity index (χ3n) is 11.8. The first kappa shape index (κ1) is 32.3. The summed E-state index contributed by atoms with van der Waals surface area (Å²) < 4.78 is 4.93. The maximum Gasteiger partial charge on any atom is 0.0544 e. The Labute approximate surface area is 317 Å². The molecule has 260 valence electrons. The quantitative estimate of drug-likeness (QED) is 0.164. The molecule has 0 N–H and O–H groups in total. The van der Waals surface area contributed by atoms with Gasteiger partial charge in [0, 0.05) is 44.2 Å². The number of allylic oxidation sites excluding steroid dienone is 1. The van der Waals surface area contributed by atoms with Crippen molar-refractivity contribution in [2.75, 3.05) is 0 Å². The fourth-order valence-corrected chi connectivity index (χ4v) is 9.33. The van der Waals surface area contributed by atoms with Crippen LogP contribution in [0.2, 0.25) is 0 Å². The molecule has 0 saturated carbocycles. The first-order valence-electron chi connectivity index (χ1n) is 19.2. The third kappa shape index (κ3) is 4.73. The summed E-state index contributed by atoms with van der Waals surface area (Å²) in [5.74, 6) is 0. The predicted octanol–water partition coefficient (Wildman–Crippen LogP) is 14.0. The van der Waals surface area contributed by atoms with E-state index in [-0.39, 0.29) is 5.41 Å². The number of benzene rings is 7. The maximum atomic E-state index is 2.49. The van der Waals surface area contributed by atoms with Gasteiger partial charge in [0.1, 0.15) is 0 Å². The fraction of sp³-hybridized carbons (Fsp3) is 0.115. The van der Waals surface area contributed by atoms with Crippen molar-refractivity contribution in [3.8, 4) is 44.8 Å². The SMILES string of the molecule is C/C=C\c1c(CC)n(-c2ccccc2)c2ccc(-c3ccc(-n4c5ccccc5c5cc6c(cc54)C(C)(C)c4ccccc4-6)cc3-c3ccccc3)cc12. The van der Waals surface area contributed by atoms with Gasteiger partial charge in [-0.3, -0.25) is 0 Å². The maximum absolute atomic E-state index is 2.49. The van der Waals surface area contributed by atoms with E-state index in [0.717, 1.165) is 12.1 Å². The minimum atomic E-state index is -0.0813. The van der Waals surface area contributed by atoms with Crippen molar-refractivity contribution < 1.29 is 0 Å². The summed E-state index contributed by atoms with van der Waals surface area (Å²) >= 11 is 0. The topological polar surface area (TPSA) is 9.86 Å². The van der Waals surface area contributed by atoms with Crippen LogP contribution in [-0.4, -0.2) is 9.13 Å². The lowest BCUT2D eigenvalue weighted by Gasteiger charge is -2.22. The Kier molecular flexibility index (Phi) is 7.39. The molecule has 9 aromatic rings. The predicted molar refractivity (Wildman–Crippen MR) is 230 cm³/mol. The van der Waals surface area contributed by atoms with Gasteiger partial charge in [-0.1, -0.05) is 136 Å². The molecule has 2 heterocycles. The largest absolute Gasteiger partial charge is 0.313 e. The summed E-state index contributed by atoms with van der Waals surface area (Å²) in [7, 11) is 0. The van der Waals surface area contributed by atoms with Crippen molar-refractivity contribution in [3.63, 3.8) is 0 Å². The van der Waals surface area contributed by atoms with Crippen LogP contribution in [0.15, 0.2) is 164 Å². The van der Waals surface area contributed by atoms with Crippen LogP contribution in [-0.2, 0) is 11.8 Å². The lowest BCUT2D eigenvalue weighted by molar-refractivity contribution is 0.661. The number of hydrogen-bond donors (Lipinski definition) is 0. The fourth-order valence-electron chi connectivity index (χ4n) is 9.33. The Bertz CT molecular complexity index is 2930. The summed E-state index contributed by atoms with van der Waals surface area (Å²) in [5.41, 5.74) is 19.0. The van der Waals surface area contributed by atoms with E-state index in [1.165, 1.54) is 94.2 Å². The van der Waals surface area contributed by atoms with Crippen LogP contribution in [0.3, 0.4) is 0 Å². The smallest absolute Gasteiger partial charge is 0.0544 e. The standard InChI is InChI=1S/C52H42N2/c1-5-17-40-44-30-35(26-29-50(44)53(48(40)6-2)36-20-11-8-12-21-36)38-28-27-37(31-42(38)34-18-9-7-10-19-34)54-49-25-16-14-23-41(49)45-32-43-39-22-13-15-24-46(39)52(3,4)47(43)33-51(45)54/h5,7-33H,6H2,1-4H3/b17-5-. The number of nitrogens with zero attached hydrogens (tertiary/aromatic N) is 2. The number of fused-ring (bicyclic) bond motifs is 7.